The Labute approximate surface area is 202 Å². The molecule has 3 heterocycles. The molecule has 1 N–H and O–H groups in total. The van der Waals surface area contributed by atoms with Gasteiger partial charge in [-0.3, -0.25) is 14.5 Å². The van der Waals surface area contributed by atoms with Crippen LogP contribution < -0.4 is 5.32 Å². The van der Waals surface area contributed by atoms with Crippen LogP contribution in [0.15, 0.2) is 77.4 Å². The van der Waals surface area contributed by atoms with Crippen molar-refractivity contribution in [2.75, 3.05) is 26.2 Å². The molecule has 1 fully saturated rings. The average Bonchev–Trinajstić information content (AvgIpc) is 3.54. The molecule has 1 saturated heterocycles. The number of para-hydroxylation sites is 1. The fourth-order valence-electron chi connectivity index (χ4n) is 4.21. The van der Waals surface area contributed by atoms with E-state index in [1.54, 1.807) is 23.5 Å². The topological polar surface area (TPSA) is 78.7 Å². The first-order chi connectivity index (χ1) is 16.7. The molecule has 7 nitrogen and oxygen atoms in total. The number of thiazole rings is 1. The van der Waals surface area contributed by atoms with Crippen molar-refractivity contribution in [3.05, 3.63) is 89.3 Å². The van der Waals surface area contributed by atoms with E-state index in [4.69, 9.17) is 9.40 Å². The van der Waals surface area contributed by atoms with Crippen LogP contribution in [0.4, 0.5) is 0 Å². The molecule has 0 aliphatic carbocycles. The van der Waals surface area contributed by atoms with Gasteiger partial charge in [0.25, 0.3) is 5.91 Å². The van der Waals surface area contributed by atoms with Crippen LogP contribution in [0.3, 0.4) is 0 Å². The Hall–Kier alpha value is -3.49. The standard InChI is InChI=1S/C26H26N4O3S/c31-25(22-10-6-16-33-22)28-21(17-19-7-2-1-3-8-19)26(32)30-14-12-29(13-15-30)18-24-27-20-9-4-5-11-23(20)34-24/h1-11,16,21H,12-15,17-18H2,(H,28,31)/t21-/m1/s1. The molecule has 0 saturated carbocycles. The zero-order valence-electron chi connectivity index (χ0n) is 18.7. The summed E-state index contributed by atoms with van der Waals surface area (Å²) in [6.45, 7) is 3.55. The second-order valence-electron chi connectivity index (χ2n) is 8.37. The summed E-state index contributed by atoms with van der Waals surface area (Å²) in [7, 11) is 0. The number of nitrogens with one attached hydrogen (secondary N) is 1. The molecule has 1 atom stereocenters. The van der Waals surface area contributed by atoms with Gasteiger partial charge in [-0.15, -0.1) is 11.3 Å². The van der Waals surface area contributed by atoms with E-state index in [-0.39, 0.29) is 17.6 Å². The maximum atomic E-state index is 13.4. The van der Waals surface area contributed by atoms with E-state index in [1.807, 2.05) is 53.4 Å². The molecular weight excluding hydrogens is 448 g/mol. The number of amides is 2. The van der Waals surface area contributed by atoms with Crippen LogP contribution in [-0.4, -0.2) is 58.8 Å². The highest BCUT2D eigenvalue weighted by molar-refractivity contribution is 7.18. The zero-order chi connectivity index (χ0) is 23.3. The highest BCUT2D eigenvalue weighted by Gasteiger charge is 2.30. The first-order valence-electron chi connectivity index (χ1n) is 11.4. The molecule has 5 rings (SSSR count). The fraction of sp³-hybridized carbons (Fsp3) is 0.269. The number of piperazine rings is 1. The van der Waals surface area contributed by atoms with Gasteiger partial charge >= 0.3 is 0 Å². The van der Waals surface area contributed by atoms with E-state index in [0.29, 0.717) is 19.5 Å². The van der Waals surface area contributed by atoms with E-state index < -0.39 is 6.04 Å². The molecule has 0 bridgehead atoms. The summed E-state index contributed by atoms with van der Waals surface area (Å²) in [6, 6.07) is 20.5. The molecule has 174 valence electrons. The molecule has 0 radical (unpaired) electrons. The first-order valence-corrected chi connectivity index (χ1v) is 12.2. The Kier molecular flexibility index (Phi) is 6.69. The number of hydrogen-bond acceptors (Lipinski definition) is 6. The van der Waals surface area contributed by atoms with Crippen molar-refractivity contribution in [2.45, 2.75) is 19.0 Å². The van der Waals surface area contributed by atoms with Crippen LogP contribution in [0.1, 0.15) is 21.1 Å². The van der Waals surface area contributed by atoms with Crippen molar-refractivity contribution in [3.63, 3.8) is 0 Å². The van der Waals surface area contributed by atoms with E-state index in [0.717, 1.165) is 35.7 Å². The van der Waals surface area contributed by atoms with E-state index >= 15 is 0 Å². The van der Waals surface area contributed by atoms with Crippen molar-refractivity contribution in [1.82, 2.24) is 20.1 Å². The molecule has 34 heavy (non-hydrogen) atoms. The minimum Gasteiger partial charge on any atom is -0.459 e. The number of rotatable bonds is 7. The lowest BCUT2D eigenvalue weighted by Crippen LogP contribution is -2.55. The Morgan fingerprint density at radius 1 is 0.971 bits per heavy atom. The SMILES string of the molecule is O=C(N[C@H](Cc1ccccc1)C(=O)N1CCN(Cc2nc3ccccc3s2)CC1)c1ccco1. The first kappa shape index (κ1) is 22.3. The van der Waals surface area contributed by atoms with Gasteiger partial charge < -0.3 is 14.6 Å². The lowest BCUT2D eigenvalue weighted by molar-refractivity contribution is -0.135. The van der Waals surface area contributed by atoms with Gasteiger partial charge in [0.05, 0.1) is 23.0 Å². The molecule has 1 aliphatic heterocycles. The molecule has 1 aliphatic rings. The molecule has 2 aromatic heterocycles. The molecule has 0 spiro atoms. The smallest absolute Gasteiger partial charge is 0.287 e. The Morgan fingerprint density at radius 3 is 2.47 bits per heavy atom. The lowest BCUT2D eigenvalue weighted by Gasteiger charge is -2.36. The Balaban J connectivity index is 1.22. The van der Waals surface area contributed by atoms with Gasteiger partial charge in [0, 0.05) is 32.6 Å². The largest absolute Gasteiger partial charge is 0.459 e. The summed E-state index contributed by atoms with van der Waals surface area (Å²) in [5, 5.41) is 3.98. The highest BCUT2D eigenvalue weighted by atomic mass is 32.1. The van der Waals surface area contributed by atoms with Crippen LogP contribution in [0.5, 0.6) is 0 Å². The van der Waals surface area contributed by atoms with Crippen LogP contribution >= 0.6 is 11.3 Å². The van der Waals surface area contributed by atoms with Gasteiger partial charge in [-0.2, -0.15) is 0 Å². The Bertz CT molecular complexity index is 1210. The summed E-state index contributed by atoms with van der Waals surface area (Å²) < 4.78 is 6.41. The molecule has 2 aromatic carbocycles. The summed E-state index contributed by atoms with van der Waals surface area (Å²) in [6.07, 6.45) is 1.88. The number of carbonyl (C=O) groups excluding carboxylic acids is 2. The average molecular weight is 475 g/mol. The van der Waals surface area contributed by atoms with Crippen molar-refractivity contribution in [1.29, 1.82) is 0 Å². The van der Waals surface area contributed by atoms with Crippen LogP contribution in [0, 0.1) is 0 Å². The van der Waals surface area contributed by atoms with Crippen molar-refractivity contribution in [2.24, 2.45) is 0 Å². The molecular formula is C26H26N4O3S. The number of aromatic nitrogens is 1. The van der Waals surface area contributed by atoms with E-state index in [2.05, 4.69) is 16.3 Å². The molecule has 4 aromatic rings. The maximum Gasteiger partial charge on any atom is 0.287 e. The molecule has 2 amide bonds. The third-order valence-corrected chi connectivity index (χ3v) is 7.03. The summed E-state index contributed by atoms with van der Waals surface area (Å²) in [5.41, 5.74) is 2.03. The number of nitrogens with zero attached hydrogens (tertiary/aromatic N) is 3. The minimum atomic E-state index is -0.657. The van der Waals surface area contributed by atoms with Gasteiger partial charge in [0.2, 0.25) is 5.91 Å². The number of carbonyl (C=O) groups is 2. The van der Waals surface area contributed by atoms with Gasteiger partial charge in [0.15, 0.2) is 5.76 Å². The van der Waals surface area contributed by atoms with Crippen molar-refractivity contribution < 1.29 is 14.0 Å². The van der Waals surface area contributed by atoms with Crippen LogP contribution in [-0.2, 0) is 17.8 Å². The predicted octanol–water partition coefficient (Wildman–Crippen LogP) is 3.57. The monoisotopic (exact) mass is 474 g/mol. The summed E-state index contributed by atoms with van der Waals surface area (Å²) in [4.78, 5) is 35.0. The molecule has 0 unspecified atom stereocenters. The van der Waals surface area contributed by atoms with Gasteiger partial charge in [-0.05, 0) is 29.8 Å². The predicted molar refractivity (Wildman–Crippen MR) is 132 cm³/mol. The molecule has 8 heteroatoms. The van der Waals surface area contributed by atoms with E-state index in [9.17, 15) is 9.59 Å². The zero-order valence-corrected chi connectivity index (χ0v) is 19.5. The van der Waals surface area contributed by atoms with Gasteiger partial charge in [0.1, 0.15) is 11.0 Å². The summed E-state index contributed by atoms with van der Waals surface area (Å²) in [5.74, 6) is -0.247. The third-order valence-electron chi connectivity index (χ3n) is 6.01. The van der Waals surface area contributed by atoms with Crippen LogP contribution in [0.2, 0.25) is 0 Å². The normalized spacial score (nSPS) is 15.4. The second-order valence-corrected chi connectivity index (χ2v) is 9.49. The minimum absolute atomic E-state index is 0.0663. The number of benzene rings is 2. The maximum absolute atomic E-state index is 13.4. The van der Waals surface area contributed by atoms with Crippen LogP contribution in [0.25, 0.3) is 10.2 Å². The van der Waals surface area contributed by atoms with E-state index in [1.165, 1.54) is 11.0 Å². The fourth-order valence-corrected chi connectivity index (χ4v) is 5.22. The van der Waals surface area contributed by atoms with Gasteiger partial charge in [-0.25, -0.2) is 4.98 Å². The quantitative estimate of drug-likeness (QED) is 0.443. The second kappa shape index (κ2) is 10.2. The van der Waals surface area contributed by atoms with Crippen molar-refractivity contribution in [3.8, 4) is 0 Å². The lowest BCUT2D eigenvalue weighted by atomic mass is 10.0. The van der Waals surface area contributed by atoms with Crippen molar-refractivity contribution >= 4 is 33.4 Å². The number of furan rings is 1. The van der Waals surface area contributed by atoms with Gasteiger partial charge in [-0.1, -0.05) is 42.5 Å². The number of fused-ring (bicyclic) bond motifs is 1. The number of hydrogen-bond donors (Lipinski definition) is 1. The Morgan fingerprint density at radius 2 is 1.74 bits per heavy atom. The highest BCUT2D eigenvalue weighted by Crippen LogP contribution is 2.23. The third kappa shape index (κ3) is 5.18. The summed E-state index contributed by atoms with van der Waals surface area (Å²) >= 11 is 1.72.